The zero-order valence-corrected chi connectivity index (χ0v) is 17.7. The summed E-state index contributed by atoms with van der Waals surface area (Å²) in [6.07, 6.45) is 0. The Morgan fingerprint density at radius 2 is 1.07 bits per heavy atom. The maximum absolute atomic E-state index is 11.7. The number of nitrogens with zero attached hydrogens (tertiary/aromatic N) is 1. The molecule has 0 radical (unpaired) electrons. The first-order valence-corrected chi connectivity index (χ1v) is 9.96. The summed E-state index contributed by atoms with van der Waals surface area (Å²) >= 11 is 0. The average molecular weight is 414 g/mol. The van der Waals surface area contributed by atoms with Gasteiger partial charge in [-0.1, -0.05) is 18.2 Å². The van der Waals surface area contributed by atoms with Crippen molar-refractivity contribution in [3.8, 4) is 0 Å². The van der Waals surface area contributed by atoms with Gasteiger partial charge < -0.3 is 33.3 Å². The van der Waals surface area contributed by atoms with Gasteiger partial charge in [0.25, 0.3) is 0 Å². The number of ether oxygens (including phenoxy) is 6. The number of benzene rings is 1. The van der Waals surface area contributed by atoms with Crippen LogP contribution in [0.3, 0.4) is 0 Å². The molecule has 29 heavy (non-hydrogen) atoms. The van der Waals surface area contributed by atoms with E-state index in [9.17, 15) is 4.79 Å². The first kappa shape index (κ1) is 25.5. The predicted octanol–water partition coefficient (Wildman–Crippen LogP) is 1.49. The molecular formula is C21H35NO7. The summed E-state index contributed by atoms with van der Waals surface area (Å²) in [6.45, 7) is 6.36. The van der Waals surface area contributed by atoms with Crippen molar-refractivity contribution in [1.29, 1.82) is 0 Å². The van der Waals surface area contributed by atoms with Crippen molar-refractivity contribution in [1.82, 2.24) is 4.90 Å². The monoisotopic (exact) mass is 413 g/mol. The fourth-order valence-corrected chi connectivity index (χ4v) is 2.08. The highest BCUT2D eigenvalue weighted by molar-refractivity contribution is 5.89. The maximum atomic E-state index is 11.7. The molecule has 0 heterocycles. The van der Waals surface area contributed by atoms with Crippen LogP contribution in [0.4, 0.5) is 0 Å². The molecule has 166 valence electrons. The number of hydrogen-bond donors (Lipinski definition) is 0. The molecule has 8 nitrogen and oxygen atoms in total. The molecule has 0 spiro atoms. The van der Waals surface area contributed by atoms with Gasteiger partial charge in [-0.3, -0.25) is 0 Å². The van der Waals surface area contributed by atoms with E-state index in [0.717, 1.165) is 6.54 Å². The van der Waals surface area contributed by atoms with E-state index in [2.05, 4.69) is 4.90 Å². The van der Waals surface area contributed by atoms with E-state index in [4.69, 9.17) is 28.4 Å². The van der Waals surface area contributed by atoms with Crippen molar-refractivity contribution in [2.75, 3.05) is 93.3 Å². The Bertz CT molecular complexity index is 499. The van der Waals surface area contributed by atoms with E-state index in [0.29, 0.717) is 71.6 Å². The topological polar surface area (TPSA) is 75.7 Å². The van der Waals surface area contributed by atoms with Crippen LogP contribution in [0.2, 0.25) is 0 Å². The van der Waals surface area contributed by atoms with Crippen LogP contribution in [-0.2, 0) is 28.4 Å². The Kier molecular flexibility index (Phi) is 16.2. The van der Waals surface area contributed by atoms with Crippen LogP contribution in [0.5, 0.6) is 0 Å². The van der Waals surface area contributed by atoms with Crippen molar-refractivity contribution in [3.05, 3.63) is 35.9 Å². The second-order valence-electron chi connectivity index (χ2n) is 6.37. The number of carbonyl (C=O) groups is 1. The van der Waals surface area contributed by atoms with E-state index in [-0.39, 0.29) is 12.6 Å². The smallest absolute Gasteiger partial charge is 0.338 e. The van der Waals surface area contributed by atoms with Crippen LogP contribution in [-0.4, -0.2) is 104 Å². The van der Waals surface area contributed by atoms with Gasteiger partial charge in [0.05, 0.1) is 71.6 Å². The van der Waals surface area contributed by atoms with Gasteiger partial charge in [0.2, 0.25) is 0 Å². The van der Waals surface area contributed by atoms with Crippen LogP contribution in [0.1, 0.15) is 10.4 Å². The number of hydrogen-bond acceptors (Lipinski definition) is 8. The summed E-state index contributed by atoms with van der Waals surface area (Å²) in [6, 6.07) is 8.87. The summed E-state index contributed by atoms with van der Waals surface area (Å²) in [5, 5.41) is 0. The maximum Gasteiger partial charge on any atom is 0.338 e. The van der Waals surface area contributed by atoms with Gasteiger partial charge >= 0.3 is 5.97 Å². The SMILES string of the molecule is CN(C)CCOCCOCCOCCOCCOCCOC(=O)c1ccccc1. The van der Waals surface area contributed by atoms with E-state index >= 15 is 0 Å². The first-order chi connectivity index (χ1) is 14.2. The lowest BCUT2D eigenvalue weighted by Crippen LogP contribution is -2.19. The molecule has 0 unspecified atom stereocenters. The predicted molar refractivity (Wildman–Crippen MR) is 109 cm³/mol. The van der Waals surface area contributed by atoms with Crippen LogP contribution in [0, 0.1) is 0 Å². The molecule has 0 bridgehead atoms. The molecule has 1 aromatic carbocycles. The van der Waals surface area contributed by atoms with Gasteiger partial charge in [0.15, 0.2) is 0 Å². The number of carbonyl (C=O) groups excluding carboxylic acids is 1. The van der Waals surface area contributed by atoms with E-state index in [1.165, 1.54) is 0 Å². The van der Waals surface area contributed by atoms with Crippen molar-refractivity contribution in [3.63, 3.8) is 0 Å². The zero-order valence-electron chi connectivity index (χ0n) is 17.7. The van der Waals surface area contributed by atoms with Gasteiger partial charge in [-0.25, -0.2) is 4.79 Å². The molecule has 8 heteroatoms. The molecule has 0 aliphatic heterocycles. The molecule has 0 atom stereocenters. The molecule has 0 aromatic heterocycles. The molecule has 0 N–H and O–H groups in total. The highest BCUT2D eigenvalue weighted by atomic mass is 16.6. The summed E-state index contributed by atoms with van der Waals surface area (Å²) in [7, 11) is 4.03. The molecule has 0 amide bonds. The molecule has 0 aliphatic carbocycles. The number of likely N-dealkylation sites (N-methyl/N-ethyl adjacent to an activating group) is 1. The number of esters is 1. The van der Waals surface area contributed by atoms with E-state index in [1.807, 2.05) is 20.2 Å². The Balaban J connectivity index is 1.73. The number of rotatable bonds is 19. The van der Waals surface area contributed by atoms with Crippen LogP contribution >= 0.6 is 0 Å². The lowest BCUT2D eigenvalue weighted by Gasteiger charge is -2.10. The van der Waals surface area contributed by atoms with Crippen molar-refractivity contribution >= 4 is 5.97 Å². The van der Waals surface area contributed by atoms with Gasteiger partial charge in [-0.05, 0) is 26.2 Å². The largest absolute Gasteiger partial charge is 0.460 e. The normalized spacial score (nSPS) is 11.1. The minimum atomic E-state index is -0.344. The van der Waals surface area contributed by atoms with Crippen LogP contribution < -0.4 is 0 Å². The third-order valence-electron chi connectivity index (χ3n) is 3.64. The fraction of sp³-hybridized carbons (Fsp3) is 0.667. The Morgan fingerprint density at radius 3 is 1.52 bits per heavy atom. The zero-order chi connectivity index (χ0) is 21.0. The summed E-state index contributed by atoms with van der Waals surface area (Å²) in [5.41, 5.74) is 0.537. The third kappa shape index (κ3) is 16.0. The van der Waals surface area contributed by atoms with Crippen LogP contribution in [0.15, 0.2) is 30.3 Å². The van der Waals surface area contributed by atoms with Crippen molar-refractivity contribution in [2.45, 2.75) is 0 Å². The first-order valence-electron chi connectivity index (χ1n) is 9.96. The highest BCUT2D eigenvalue weighted by Crippen LogP contribution is 2.00. The molecule has 1 aromatic rings. The Morgan fingerprint density at radius 1 is 0.655 bits per heavy atom. The molecular weight excluding hydrogens is 378 g/mol. The average Bonchev–Trinajstić information content (AvgIpc) is 2.73. The summed E-state index contributed by atoms with van der Waals surface area (Å²) in [5.74, 6) is -0.344. The third-order valence-corrected chi connectivity index (χ3v) is 3.64. The Labute approximate surface area is 174 Å². The van der Waals surface area contributed by atoms with E-state index < -0.39 is 0 Å². The van der Waals surface area contributed by atoms with Gasteiger partial charge in [0, 0.05) is 6.54 Å². The molecule has 0 saturated carbocycles. The molecule has 0 saturated heterocycles. The van der Waals surface area contributed by atoms with Gasteiger partial charge in [-0.2, -0.15) is 0 Å². The minimum Gasteiger partial charge on any atom is -0.460 e. The fourth-order valence-electron chi connectivity index (χ4n) is 2.08. The standard InChI is InChI=1S/C21H35NO7/c1-22(2)8-9-24-10-11-25-12-13-26-14-15-27-16-17-28-18-19-29-21(23)20-6-4-3-5-7-20/h3-7H,8-19H2,1-2H3. The molecule has 1 rings (SSSR count). The lowest BCUT2D eigenvalue weighted by molar-refractivity contribution is -0.0156. The second-order valence-corrected chi connectivity index (χ2v) is 6.37. The van der Waals surface area contributed by atoms with Gasteiger partial charge in [-0.15, -0.1) is 0 Å². The quantitative estimate of drug-likeness (QED) is 0.249. The molecule has 0 aliphatic rings. The summed E-state index contributed by atoms with van der Waals surface area (Å²) in [4.78, 5) is 13.8. The van der Waals surface area contributed by atoms with Gasteiger partial charge in [0.1, 0.15) is 6.61 Å². The second kappa shape index (κ2) is 18.5. The highest BCUT2D eigenvalue weighted by Gasteiger charge is 2.04. The van der Waals surface area contributed by atoms with Crippen molar-refractivity contribution < 1.29 is 33.2 Å². The van der Waals surface area contributed by atoms with E-state index in [1.54, 1.807) is 24.3 Å². The minimum absolute atomic E-state index is 0.220. The summed E-state index contributed by atoms with van der Waals surface area (Å²) < 4.78 is 32.1. The van der Waals surface area contributed by atoms with Crippen molar-refractivity contribution in [2.24, 2.45) is 0 Å². The van der Waals surface area contributed by atoms with Crippen LogP contribution in [0.25, 0.3) is 0 Å². The molecule has 0 fully saturated rings. The Hall–Kier alpha value is -1.55. The lowest BCUT2D eigenvalue weighted by atomic mass is 10.2.